The second-order valence-corrected chi connectivity index (χ2v) is 5.18. The highest BCUT2D eigenvalue weighted by molar-refractivity contribution is 5.88. The maximum atomic E-state index is 10.9. The van der Waals surface area contributed by atoms with E-state index < -0.39 is 5.97 Å². The number of hydrogen-bond donors (Lipinski definition) is 2. The number of nitrogens with one attached hydrogen (secondary N) is 1. The van der Waals surface area contributed by atoms with Gasteiger partial charge in [0.25, 0.3) is 0 Å². The van der Waals surface area contributed by atoms with Gasteiger partial charge < -0.3 is 10.1 Å². The number of carboxylic acids is 1. The maximum Gasteiger partial charge on any atom is 0.306 e. The lowest BCUT2D eigenvalue weighted by Crippen LogP contribution is -2.12. The van der Waals surface area contributed by atoms with Gasteiger partial charge in [-0.25, -0.2) is 0 Å². The molecule has 2 N–H and O–H groups in total. The zero-order chi connectivity index (χ0) is 13.4. The Labute approximate surface area is 107 Å². The fraction of sp³-hybridized carbons (Fsp3) is 0.400. The standard InChI is InChI=1S/C15H19NO2/c1-8-5-9(2)14-11(4)12(16-13(14)6-8)7-10(3)15(17)18/h5-6,10,16H,7H2,1-4H3,(H,17,18). The smallest absolute Gasteiger partial charge is 0.306 e. The fourth-order valence-electron chi connectivity index (χ4n) is 2.57. The first kappa shape index (κ1) is 12.7. The molecule has 18 heavy (non-hydrogen) atoms. The van der Waals surface area contributed by atoms with Gasteiger partial charge in [0, 0.05) is 23.0 Å². The molecule has 0 bridgehead atoms. The van der Waals surface area contributed by atoms with E-state index in [1.807, 2.05) is 0 Å². The molecule has 0 aliphatic rings. The summed E-state index contributed by atoms with van der Waals surface area (Å²) >= 11 is 0. The molecule has 0 fully saturated rings. The van der Waals surface area contributed by atoms with E-state index >= 15 is 0 Å². The average molecular weight is 245 g/mol. The Kier molecular flexibility index (Phi) is 3.16. The van der Waals surface area contributed by atoms with Gasteiger partial charge in [0.05, 0.1) is 5.92 Å². The molecule has 1 aromatic carbocycles. The summed E-state index contributed by atoms with van der Waals surface area (Å²) < 4.78 is 0. The number of aliphatic carboxylic acids is 1. The van der Waals surface area contributed by atoms with Gasteiger partial charge in [-0.2, -0.15) is 0 Å². The van der Waals surface area contributed by atoms with Crippen LogP contribution in [0.4, 0.5) is 0 Å². The van der Waals surface area contributed by atoms with Crippen LogP contribution in [0.1, 0.15) is 29.3 Å². The zero-order valence-corrected chi connectivity index (χ0v) is 11.3. The van der Waals surface area contributed by atoms with Crippen molar-refractivity contribution in [3.63, 3.8) is 0 Å². The molecular formula is C15H19NO2. The summed E-state index contributed by atoms with van der Waals surface area (Å²) in [5.41, 5.74) is 5.79. The van der Waals surface area contributed by atoms with Crippen molar-refractivity contribution in [3.05, 3.63) is 34.5 Å². The van der Waals surface area contributed by atoms with Crippen LogP contribution in [0.3, 0.4) is 0 Å². The quantitative estimate of drug-likeness (QED) is 0.871. The number of aromatic nitrogens is 1. The summed E-state index contributed by atoms with van der Waals surface area (Å²) in [7, 11) is 0. The van der Waals surface area contributed by atoms with Crippen LogP contribution in [-0.2, 0) is 11.2 Å². The number of hydrogen-bond acceptors (Lipinski definition) is 1. The molecule has 2 rings (SSSR count). The number of aryl methyl sites for hydroxylation is 3. The lowest BCUT2D eigenvalue weighted by molar-refractivity contribution is -0.141. The Morgan fingerprint density at radius 2 is 2.00 bits per heavy atom. The van der Waals surface area contributed by atoms with Crippen LogP contribution in [0.25, 0.3) is 10.9 Å². The first-order valence-corrected chi connectivity index (χ1v) is 6.21. The third-order valence-electron chi connectivity index (χ3n) is 3.52. The van der Waals surface area contributed by atoms with E-state index in [1.165, 1.54) is 22.1 Å². The number of aromatic amines is 1. The van der Waals surface area contributed by atoms with E-state index in [0.717, 1.165) is 11.2 Å². The number of fused-ring (bicyclic) bond motifs is 1. The molecule has 0 saturated carbocycles. The van der Waals surface area contributed by atoms with Gasteiger partial charge in [-0.3, -0.25) is 4.79 Å². The number of H-pyrrole nitrogens is 1. The van der Waals surface area contributed by atoms with E-state index in [0.29, 0.717) is 6.42 Å². The van der Waals surface area contributed by atoms with Gasteiger partial charge in [0.15, 0.2) is 0 Å². The van der Waals surface area contributed by atoms with Crippen LogP contribution >= 0.6 is 0 Å². The monoisotopic (exact) mass is 245 g/mol. The molecule has 0 radical (unpaired) electrons. The topological polar surface area (TPSA) is 53.1 Å². The molecule has 1 aromatic heterocycles. The van der Waals surface area contributed by atoms with E-state index in [1.54, 1.807) is 6.92 Å². The molecule has 0 aliphatic carbocycles. The normalized spacial score (nSPS) is 12.9. The summed E-state index contributed by atoms with van der Waals surface area (Å²) in [4.78, 5) is 14.3. The van der Waals surface area contributed by atoms with Gasteiger partial charge in [0.1, 0.15) is 0 Å². The van der Waals surface area contributed by atoms with E-state index in [-0.39, 0.29) is 5.92 Å². The number of carboxylic acid groups (broad SMARTS) is 1. The summed E-state index contributed by atoms with van der Waals surface area (Å²) in [6.07, 6.45) is 0.550. The Balaban J connectivity index is 2.51. The molecule has 1 heterocycles. The van der Waals surface area contributed by atoms with Crippen molar-refractivity contribution >= 4 is 16.9 Å². The third-order valence-corrected chi connectivity index (χ3v) is 3.52. The van der Waals surface area contributed by atoms with Crippen molar-refractivity contribution < 1.29 is 9.90 Å². The Morgan fingerprint density at radius 3 is 2.61 bits per heavy atom. The third kappa shape index (κ3) is 2.13. The van der Waals surface area contributed by atoms with Crippen LogP contribution in [0.2, 0.25) is 0 Å². The van der Waals surface area contributed by atoms with Crippen LogP contribution < -0.4 is 0 Å². The summed E-state index contributed by atoms with van der Waals surface area (Å²) in [5.74, 6) is -1.11. The molecule has 0 spiro atoms. The van der Waals surface area contributed by atoms with E-state index in [4.69, 9.17) is 5.11 Å². The van der Waals surface area contributed by atoms with Crippen molar-refractivity contribution in [2.75, 3.05) is 0 Å². The van der Waals surface area contributed by atoms with Crippen LogP contribution in [0.5, 0.6) is 0 Å². The number of rotatable bonds is 3. The van der Waals surface area contributed by atoms with Crippen molar-refractivity contribution in [1.82, 2.24) is 4.98 Å². The first-order chi connectivity index (χ1) is 8.40. The molecule has 0 amide bonds. The lowest BCUT2D eigenvalue weighted by Gasteiger charge is -2.05. The predicted molar refractivity (Wildman–Crippen MR) is 73.0 cm³/mol. The zero-order valence-electron chi connectivity index (χ0n) is 11.3. The van der Waals surface area contributed by atoms with Crippen molar-refractivity contribution in [3.8, 4) is 0 Å². The predicted octanol–water partition coefficient (Wildman–Crippen LogP) is 3.36. The van der Waals surface area contributed by atoms with Gasteiger partial charge >= 0.3 is 5.97 Å². The number of carbonyl (C=O) groups is 1. The molecule has 1 atom stereocenters. The summed E-state index contributed by atoms with van der Waals surface area (Å²) in [6, 6.07) is 4.28. The fourth-order valence-corrected chi connectivity index (χ4v) is 2.57. The summed E-state index contributed by atoms with van der Waals surface area (Å²) in [5, 5.41) is 10.2. The van der Waals surface area contributed by atoms with E-state index in [9.17, 15) is 4.79 Å². The SMILES string of the molecule is Cc1cc(C)c2c(C)c(CC(C)C(=O)O)[nH]c2c1. The van der Waals surface area contributed by atoms with Gasteiger partial charge in [0.2, 0.25) is 0 Å². The Hall–Kier alpha value is -1.77. The second kappa shape index (κ2) is 4.48. The first-order valence-electron chi connectivity index (χ1n) is 6.21. The van der Waals surface area contributed by atoms with Crippen molar-refractivity contribution in [2.24, 2.45) is 5.92 Å². The molecule has 0 aliphatic heterocycles. The summed E-state index contributed by atoms with van der Waals surface area (Å²) in [6.45, 7) is 7.97. The molecule has 96 valence electrons. The van der Waals surface area contributed by atoms with Gasteiger partial charge in [-0.15, -0.1) is 0 Å². The molecule has 1 unspecified atom stereocenters. The largest absolute Gasteiger partial charge is 0.481 e. The van der Waals surface area contributed by atoms with Gasteiger partial charge in [-0.05, 0) is 43.5 Å². The van der Waals surface area contributed by atoms with E-state index in [2.05, 4.69) is 37.9 Å². The lowest BCUT2D eigenvalue weighted by atomic mass is 10.0. The minimum Gasteiger partial charge on any atom is -0.481 e. The van der Waals surface area contributed by atoms with Crippen molar-refractivity contribution in [2.45, 2.75) is 34.1 Å². The van der Waals surface area contributed by atoms with Gasteiger partial charge in [-0.1, -0.05) is 13.0 Å². The molecule has 2 aromatic rings. The highest BCUT2D eigenvalue weighted by Gasteiger charge is 2.16. The Morgan fingerprint density at radius 1 is 1.33 bits per heavy atom. The second-order valence-electron chi connectivity index (χ2n) is 5.18. The average Bonchev–Trinajstić information content (AvgIpc) is 2.55. The highest BCUT2D eigenvalue weighted by atomic mass is 16.4. The molecular weight excluding hydrogens is 226 g/mol. The van der Waals surface area contributed by atoms with Crippen LogP contribution in [-0.4, -0.2) is 16.1 Å². The van der Waals surface area contributed by atoms with Crippen LogP contribution in [0, 0.1) is 26.7 Å². The minimum atomic E-state index is -0.749. The van der Waals surface area contributed by atoms with Crippen molar-refractivity contribution in [1.29, 1.82) is 0 Å². The molecule has 0 saturated heterocycles. The Bertz CT molecular complexity index is 610. The highest BCUT2D eigenvalue weighted by Crippen LogP contribution is 2.27. The molecule has 3 heteroatoms. The molecule has 3 nitrogen and oxygen atoms in total. The maximum absolute atomic E-state index is 10.9. The van der Waals surface area contributed by atoms with Crippen LogP contribution in [0.15, 0.2) is 12.1 Å². The number of benzene rings is 1. The minimum absolute atomic E-state index is 0.363.